The third-order valence-electron chi connectivity index (χ3n) is 3.18. The topological polar surface area (TPSA) is 3.24 Å². The van der Waals surface area contributed by atoms with Crippen LogP contribution in [-0.4, -0.2) is 24.0 Å². The summed E-state index contributed by atoms with van der Waals surface area (Å²) >= 11 is 0. The van der Waals surface area contributed by atoms with Gasteiger partial charge in [0.05, 0.1) is 0 Å². The molecule has 0 spiro atoms. The number of fused-ring (bicyclic) bond motifs is 1. The van der Waals surface area contributed by atoms with Crippen molar-refractivity contribution >= 4 is 0 Å². The molecule has 2 fully saturated rings. The van der Waals surface area contributed by atoms with Crippen LogP contribution in [0.5, 0.6) is 0 Å². The quantitative estimate of drug-likeness (QED) is 0.495. The summed E-state index contributed by atoms with van der Waals surface area (Å²) in [5.74, 6) is 0.983. The van der Waals surface area contributed by atoms with Crippen LogP contribution < -0.4 is 0 Å². The van der Waals surface area contributed by atoms with Crippen LogP contribution in [0.4, 0.5) is 0 Å². The van der Waals surface area contributed by atoms with E-state index in [-0.39, 0.29) is 0 Å². The van der Waals surface area contributed by atoms with Crippen molar-refractivity contribution in [3.05, 3.63) is 0 Å². The lowest BCUT2D eigenvalue weighted by atomic mass is 9.91. The third kappa shape index (κ3) is 0.968. The molecule has 0 aliphatic carbocycles. The van der Waals surface area contributed by atoms with Crippen molar-refractivity contribution in [2.45, 2.75) is 38.6 Å². The van der Waals surface area contributed by atoms with Gasteiger partial charge in [-0.2, -0.15) is 0 Å². The average molecular weight is 139 g/mol. The second kappa shape index (κ2) is 2.54. The summed E-state index contributed by atoms with van der Waals surface area (Å²) in [4.78, 5) is 2.69. The van der Waals surface area contributed by atoms with Crippen LogP contribution in [0.1, 0.15) is 32.6 Å². The van der Waals surface area contributed by atoms with E-state index in [1.165, 1.54) is 38.8 Å². The Bertz CT molecular complexity index is 122. The summed E-state index contributed by atoms with van der Waals surface area (Å²) in [6, 6.07) is 0.966. The fraction of sp³-hybridized carbons (Fsp3) is 1.00. The predicted octanol–water partition coefficient (Wildman–Crippen LogP) is 1.88. The standard InChI is InChI=1S/C9H17N/c1-8-4-2-6-10-7-3-5-9(8)10/h8-9H,2-7H2,1H3/t8-,9-/m0/s1. The van der Waals surface area contributed by atoms with Crippen LogP contribution in [0.15, 0.2) is 0 Å². The van der Waals surface area contributed by atoms with Crippen LogP contribution in [0.25, 0.3) is 0 Å². The van der Waals surface area contributed by atoms with E-state index >= 15 is 0 Å². The number of rotatable bonds is 0. The Morgan fingerprint density at radius 1 is 1.10 bits per heavy atom. The average Bonchev–Trinajstić information content (AvgIpc) is 2.36. The second-order valence-electron chi connectivity index (χ2n) is 3.87. The first-order valence-electron chi connectivity index (χ1n) is 4.62. The van der Waals surface area contributed by atoms with Gasteiger partial charge in [0.2, 0.25) is 0 Å². The van der Waals surface area contributed by atoms with Crippen molar-refractivity contribution < 1.29 is 0 Å². The number of hydrogen-bond acceptors (Lipinski definition) is 1. The van der Waals surface area contributed by atoms with Crippen LogP contribution in [0.2, 0.25) is 0 Å². The Balaban J connectivity index is 2.03. The predicted molar refractivity (Wildman–Crippen MR) is 43.0 cm³/mol. The third-order valence-corrected chi connectivity index (χ3v) is 3.18. The molecule has 0 aromatic rings. The van der Waals surface area contributed by atoms with Gasteiger partial charge in [0.25, 0.3) is 0 Å². The van der Waals surface area contributed by atoms with E-state index in [1.54, 1.807) is 0 Å². The minimum Gasteiger partial charge on any atom is -0.300 e. The lowest BCUT2D eigenvalue weighted by Gasteiger charge is -2.34. The van der Waals surface area contributed by atoms with E-state index in [2.05, 4.69) is 11.8 Å². The highest BCUT2D eigenvalue weighted by Gasteiger charge is 2.31. The first kappa shape index (κ1) is 6.66. The van der Waals surface area contributed by atoms with E-state index in [9.17, 15) is 0 Å². The minimum absolute atomic E-state index is 0.966. The Hall–Kier alpha value is -0.0400. The first-order chi connectivity index (χ1) is 4.88. The summed E-state index contributed by atoms with van der Waals surface area (Å²) < 4.78 is 0. The van der Waals surface area contributed by atoms with Gasteiger partial charge >= 0.3 is 0 Å². The van der Waals surface area contributed by atoms with Crippen molar-refractivity contribution in [1.82, 2.24) is 4.90 Å². The molecular weight excluding hydrogens is 122 g/mol. The highest BCUT2D eigenvalue weighted by Crippen LogP contribution is 2.30. The highest BCUT2D eigenvalue weighted by atomic mass is 15.2. The van der Waals surface area contributed by atoms with Crippen LogP contribution in [-0.2, 0) is 0 Å². The van der Waals surface area contributed by atoms with Crippen molar-refractivity contribution in [3.63, 3.8) is 0 Å². The molecule has 2 atom stereocenters. The van der Waals surface area contributed by atoms with Gasteiger partial charge in [0.15, 0.2) is 0 Å². The van der Waals surface area contributed by atoms with Crippen LogP contribution in [0, 0.1) is 5.92 Å². The molecule has 0 radical (unpaired) electrons. The summed E-state index contributed by atoms with van der Waals surface area (Å²) in [5, 5.41) is 0. The van der Waals surface area contributed by atoms with Gasteiger partial charge in [-0.25, -0.2) is 0 Å². The van der Waals surface area contributed by atoms with Gasteiger partial charge in [0.1, 0.15) is 0 Å². The maximum absolute atomic E-state index is 2.69. The van der Waals surface area contributed by atoms with Gasteiger partial charge in [-0.15, -0.1) is 0 Å². The van der Waals surface area contributed by atoms with Crippen LogP contribution >= 0.6 is 0 Å². The first-order valence-corrected chi connectivity index (χ1v) is 4.62. The zero-order valence-corrected chi connectivity index (χ0v) is 6.84. The Morgan fingerprint density at radius 2 is 1.80 bits per heavy atom. The summed E-state index contributed by atoms with van der Waals surface area (Å²) in [7, 11) is 0. The normalized spacial score (nSPS) is 41.7. The molecule has 2 rings (SSSR count). The lowest BCUT2D eigenvalue weighted by molar-refractivity contribution is 0.144. The smallest absolute Gasteiger partial charge is 0.0121 e. The number of piperidine rings is 1. The zero-order valence-electron chi connectivity index (χ0n) is 6.84. The van der Waals surface area contributed by atoms with Gasteiger partial charge < -0.3 is 4.90 Å². The number of nitrogens with zero attached hydrogens (tertiary/aromatic N) is 1. The molecular formula is C9H17N. The van der Waals surface area contributed by atoms with E-state index in [4.69, 9.17) is 0 Å². The Morgan fingerprint density at radius 3 is 2.50 bits per heavy atom. The van der Waals surface area contributed by atoms with E-state index < -0.39 is 0 Å². The summed E-state index contributed by atoms with van der Waals surface area (Å²) in [5.41, 5.74) is 0. The van der Waals surface area contributed by atoms with Crippen molar-refractivity contribution in [2.24, 2.45) is 5.92 Å². The largest absolute Gasteiger partial charge is 0.300 e. The molecule has 2 aliphatic rings. The Labute approximate surface area is 63.4 Å². The molecule has 0 aromatic carbocycles. The summed E-state index contributed by atoms with van der Waals surface area (Å²) in [6.45, 7) is 5.19. The second-order valence-corrected chi connectivity index (χ2v) is 3.87. The molecule has 2 aliphatic heterocycles. The molecule has 0 aromatic heterocycles. The monoisotopic (exact) mass is 139 g/mol. The number of hydrogen-bond donors (Lipinski definition) is 0. The van der Waals surface area contributed by atoms with Gasteiger partial charge in [-0.05, 0) is 44.7 Å². The Kier molecular flexibility index (Phi) is 1.69. The molecule has 0 bridgehead atoms. The molecule has 0 saturated carbocycles. The molecule has 0 amide bonds. The summed E-state index contributed by atoms with van der Waals surface area (Å²) in [6.07, 6.45) is 5.84. The van der Waals surface area contributed by atoms with E-state index in [1.807, 2.05) is 0 Å². The molecule has 1 nitrogen and oxygen atoms in total. The maximum Gasteiger partial charge on any atom is 0.0121 e. The maximum atomic E-state index is 2.69. The molecule has 2 saturated heterocycles. The fourth-order valence-corrected chi connectivity index (χ4v) is 2.58. The minimum atomic E-state index is 0.966. The van der Waals surface area contributed by atoms with Crippen molar-refractivity contribution in [3.8, 4) is 0 Å². The van der Waals surface area contributed by atoms with E-state index in [0.717, 1.165) is 12.0 Å². The van der Waals surface area contributed by atoms with Gasteiger partial charge in [-0.1, -0.05) is 6.92 Å². The lowest BCUT2D eigenvalue weighted by Crippen LogP contribution is -2.39. The fourth-order valence-electron chi connectivity index (χ4n) is 2.58. The molecule has 2 heterocycles. The zero-order chi connectivity index (χ0) is 6.97. The van der Waals surface area contributed by atoms with E-state index in [0.29, 0.717) is 0 Å². The molecule has 1 heteroatoms. The SMILES string of the molecule is C[C@H]1CCCN2CCC[C@@H]12. The van der Waals surface area contributed by atoms with Crippen LogP contribution in [0.3, 0.4) is 0 Å². The molecule has 0 N–H and O–H groups in total. The van der Waals surface area contributed by atoms with Gasteiger partial charge in [-0.3, -0.25) is 0 Å². The molecule has 0 unspecified atom stereocenters. The van der Waals surface area contributed by atoms with Gasteiger partial charge in [0, 0.05) is 6.04 Å². The highest BCUT2D eigenvalue weighted by molar-refractivity contribution is 4.86. The van der Waals surface area contributed by atoms with Crippen molar-refractivity contribution in [2.75, 3.05) is 13.1 Å². The molecule has 58 valence electrons. The van der Waals surface area contributed by atoms with Crippen molar-refractivity contribution in [1.29, 1.82) is 0 Å². The molecule has 10 heavy (non-hydrogen) atoms.